The van der Waals surface area contributed by atoms with Gasteiger partial charge in [-0.05, 0) is 55.8 Å². The molecule has 1 aliphatic heterocycles. The Kier molecular flexibility index (Phi) is 5.00. The summed E-state index contributed by atoms with van der Waals surface area (Å²) in [5.41, 5.74) is 0. The Hall–Kier alpha value is -1.52. The highest BCUT2D eigenvalue weighted by Gasteiger charge is 2.39. The van der Waals surface area contributed by atoms with Gasteiger partial charge < -0.3 is 14.8 Å². The molecule has 5 unspecified atom stereocenters. The number of imidazole rings is 1. The molecule has 1 saturated heterocycles. The SMILES string of the molecule is CN=C(NCCC1CC2CCC1C2)N1CCC(C)C(n2ccnc2)C1. The molecule has 5 nitrogen and oxygen atoms in total. The van der Waals surface area contributed by atoms with Gasteiger partial charge in [-0.3, -0.25) is 4.99 Å². The van der Waals surface area contributed by atoms with Gasteiger partial charge in [0.15, 0.2) is 5.96 Å². The molecule has 5 heteroatoms. The molecule has 2 aliphatic carbocycles. The highest BCUT2D eigenvalue weighted by Crippen LogP contribution is 2.49. The van der Waals surface area contributed by atoms with Gasteiger partial charge >= 0.3 is 0 Å². The Morgan fingerprint density at radius 1 is 1.28 bits per heavy atom. The van der Waals surface area contributed by atoms with E-state index in [4.69, 9.17) is 0 Å². The molecule has 0 aromatic carbocycles. The van der Waals surface area contributed by atoms with Crippen LogP contribution in [0.2, 0.25) is 0 Å². The quantitative estimate of drug-likeness (QED) is 0.675. The van der Waals surface area contributed by atoms with Crippen LogP contribution in [0.15, 0.2) is 23.7 Å². The normalized spacial score (nSPS) is 35.4. The van der Waals surface area contributed by atoms with E-state index in [-0.39, 0.29) is 0 Å². The molecular formula is C20H33N5. The number of aromatic nitrogens is 2. The van der Waals surface area contributed by atoms with Crippen molar-refractivity contribution in [1.82, 2.24) is 19.8 Å². The van der Waals surface area contributed by atoms with Gasteiger partial charge in [-0.25, -0.2) is 4.98 Å². The Morgan fingerprint density at radius 2 is 2.20 bits per heavy atom. The monoisotopic (exact) mass is 343 g/mol. The maximum Gasteiger partial charge on any atom is 0.193 e. The molecule has 1 N–H and O–H groups in total. The zero-order valence-electron chi connectivity index (χ0n) is 15.8. The minimum Gasteiger partial charge on any atom is -0.356 e. The fourth-order valence-electron chi connectivity index (χ4n) is 5.53. The Morgan fingerprint density at radius 3 is 2.88 bits per heavy atom. The van der Waals surface area contributed by atoms with Crippen molar-refractivity contribution < 1.29 is 0 Å². The number of aliphatic imine (C=N–C) groups is 1. The molecule has 1 aromatic rings. The molecule has 0 radical (unpaired) electrons. The summed E-state index contributed by atoms with van der Waals surface area (Å²) in [6.07, 6.45) is 14.4. The van der Waals surface area contributed by atoms with Gasteiger partial charge in [-0.1, -0.05) is 13.3 Å². The van der Waals surface area contributed by atoms with Crippen molar-refractivity contribution in [2.75, 3.05) is 26.7 Å². The van der Waals surface area contributed by atoms with E-state index in [1.54, 1.807) is 0 Å². The van der Waals surface area contributed by atoms with Crippen molar-refractivity contribution in [1.29, 1.82) is 0 Å². The van der Waals surface area contributed by atoms with Gasteiger partial charge in [-0.2, -0.15) is 0 Å². The van der Waals surface area contributed by atoms with Crippen LogP contribution in [0.4, 0.5) is 0 Å². The number of fused-ring (bicyclic) bond motifs is 2. The average molecular weight is 344 g/mol. The van der Waals surface area contributed by atoms with E-state index < -0.39 is 0 Å². The Bertz CT molecular complexity index is 581. The molecule has 2 saturated carbocycles. The van der Waals surface area contributed by atoms with Crippen LogP contribution in [0, 0.1) is 23.7 Å². The zero-order chi connectivity index (χ0) is 17.2. The molecule has 3 aliphatic rings. The molecule has 1 aromatic heterocycles. The van der Waals surface area contributed by atoms with Gasteiger partial charge in [0.1, 0.15) is 0 Å². The third kappa shape index (κ3) is 3.56. The van der Waals surface area contributed by atoms with Gasteiger partial charge in [0.25, 0.3) is 0 Å². The van der Waals surface area contributed by atoms with Crippen LogP contribution >= 0.6 is 0 Å². The topological polar surface area (TPSA) is 45.5 Å². The van der Waals surface area contributed by atoms with Gasteiger partial charge in [0.2, 0.25) is 0 Å². The van der Waals surface area contributed by atoms with E-state index in [2.05, 4.69) is 37.9 Å². The number of guanidine groups is 1. The molecule has 2 bridgehead atoms. The second-order valence-electron chi connectivity index (χ2n) is 8.49. The van der Waals surface area contributed by atoms with Crippen LogP contribution in [0.25, 0.3) is 0 Å². The third-order valence-electron chi connectivity index (χ3n) is 7.02. The average Bonchev–Trinajstić information content (AvgIpc) is 3.37. The van der Waals surface area contributed by atoms with Crippen LogP contribution < -0.4 is 5.32 Å². The van der Waals surface area contributed by atoms with E-state index in [0.29, 0.717) is 12.0 Å². The van der Waals surface area contributed by atoms with E-state index in [1.807, 2.05) is 19.6 Å². The minimum atomic E-state index is 0.486. The number of piperidine rings is 1. The lowest BCUT2D eigenvalue weighted by molar-refractivity contribution is 0.188. The van der Waals surface area contributed by atoms with Crippen LogP contribution in [-0.2, 0) is 0 Å². The van der Waals surface area contributed by atoms with E-state index in [1.165, 1.54) is 38.5 Å². The van der Waals surface area contributed by atoms with Crippen LogP contribution in [0.1, 0.15) is 51.5 Å². The fourth-order valence-corrected chi connectivity index (χ4v) is 5.53. The molecule has 0 spiro atoms. The summed E-state index contributed by atoms with van der Waals surface area (Å²) in [6, 6.07) is 0.486. The first-order chi connectivity index (χ1) is 12.2. The summed E-state index contributed by atoms with van der Waals surface area (Å²) in [4.78, 5) is 11.2. The highest BCUT2D eigenvalue weighted by molar-refractivity contribution is 5.80. The van der Waals surface area contributed by atoms with Crippen LogP contribution in [0.3, 0.4) is 0 Å². The Labute approximate surface area is 151 Å². The zero-order valence-corrected chi connectivity index (χ0v) is 15.8. The van der Waals surface area contributed by atoms with E-state index >= 15 is 0 Å². The summed E-state index contributed by atoms with van der Waals surface area (Å²) in [5.74, 6) is 4.80. The lowest BCUT2D eigenvalue weighted by atomic mass is 9.86. The Balaban J connectivity index is 1.30. The number of rotatable bonds is 4. The van der Waals surface area contributed by atoms with Crippen molar-refractivity contribution >= 4 is 5.96 Å². The maximum absolute atomic E-state index is 4.57. The molecule has 5 atom stereocenters. The fraction of sp³-hybridized carbons (Fsp3) is 0.800. The molecule has 3 fully saturated rings. The number of likely N-dealkylation sites (tertiary alicyclic amines) is 1. The van der Waals surface area contributed by atoms with Crippen LogP contribution in [-0.4, -0.2) is 47.1 Å². The number of nitrogens with zero attached hydrogens (tertiary/aromatic N) is 4. The predicted molar refractivity (Wildman–Crippen MR) is 102 cm³/mol. The predicted octanol–water partition coefficient (Wildman–Crippen LogP) is 3.17. The maximum atomic E-state index is 4.57. The van der Waals surface area contributed by atoms with E-state index in [9.17, 15) is 0 Å². The second kappa shape index (κ2) is 7.38. The highest BCUT2D eigenvalue weighted by atomic mass is 15.3. The van der Waals surface area contributed by atoms with Crippen molar-refractivity contribution in [3.63, 3.8) is 0 Å². The summed E-state index contributed by atoms with van der Waals surface area (Å²) in [5, 5.41) is 3.66. The summed E-state index contributed by atoms with van der Waals surface area (Å²) in [7, 11) is 1.92. The first-order valence-corrected chi connectivity index (χ1v) is 10.2. The molecule has 25 heavy (non-hydrogen) atoms. The van der Waals surface area contributed by atoms with Crippen molar-refractivity contribution in [2.45, 2.75) is 51.5 Å². The molecular weight excluding hydrogens is 310 g/mol. The first kappa shape index (κ1) is 16.9. The molecule has 2 heterocycles. The van der Waals surface area contributed by atoms with Gasteiger partial charge in [-0.15, -0.1) is 0 Å². The summed E-state index contributed by atoms with van der Waals surface area (Å²) >= 11 is 0. The second-order valence-corrected chi connectivity index (χ2v) is 8.49. The first-order valence-electron chi connectivity index (χ1n) is 10.2. The van der Waals surface area contributed by atoms with E-state index in [0.717, 1.165) is 43.3 Å². The molecule has 4 rings (SSSR count). The van der Waals surface area contributed by atoms with Crippen LogP contribution in [0.5, 0.6) is 0 Å². The van der Waals surface area contributed by atoms with Crippen molar-refractivity contribution in [3.8, 4) is 0 Å². The minimum absolute atomic E-state index is 0.486. The largest absolute Gasteiger partial charge is 0.356 e. The number of nitrogens with one attached hydrogen (secondary N) is 1. The smallest absolute Gasteiger partial charge is 0.193 e. The molecule has 138 valence electrons. The third-order valence-corrected chi connectivity index (χ3v) is 7.02. The lowest BCUT2D eigenvalue weighted by Crippen LogP contribution is -2.49. The van der Waals surface area contributed by atoms with Gasteiger partial charge in [0.05, 0.1) is 12.4 Å². The number of hydrogen-bond donors (Lipinski definition) is 1. The van der Waals surface area contributed by atoms with Crippen molar-refractivity contribution in [3.05, 3.63) is 18.7 Å². The lowest BCUT2D eigenvalue weighted by Gasteiger charge is -2.39. The van der Waals surface area contributed by atoms with Gasteiger partial charge in [0, 0.05) is 39.1 Å². The standard InChI is InChI=1S/C20H33N5/c1-15-6-9-24(13-19(15)25-10-8-22-14-25)20(21-2)23-7-5-18-12-16-3-4-17(18)11-16/h8,10,14-19H,3-7,9,11-13H2,1-2H3,(H,21,23). The number of hydrogen-bond acceptors (Lipinski definition) is 2. The summed E-state index contributed by atoms with van der Waals surface area (Å²) < 4.78 is 2.26. The molecule has 0 amide bonds. The van der Waals surface area contributed by atoms with Crippen molar-refractivity contribution in [2.24, 2.45) is 28.7 Å². The summed E-state index contributed by atoms with van der Waals surface area (Å²) in [6.45, 7) is 5.54.